The van der Waals surface area contributed by atoms with E-state index in [1.807, 2.05) is 11.0 Å². The molecule has 0 saturated heterocycles. The third-order valence-electron chi connectivity index (χ3n) is 3.47. The van der Waals surface area contributed by atoms with Crippen LogP contribution in [-0.4, -0.2) is 49.0 Å². The zero-order valence-corrected chi connectivity index (χ0v) is 16.2. The van der Waals surface area contributed by atoms with Gasteiger partial charge in [0.25, 0.3) is 0 Å². The van der Waals surface area contributed by atoms with E-state index < -0.39 is 21.6 Å². The van der Waals surface area contributed by atoms with Crippen LogP contribution in [0.4, 0.5) is 0 Å². The maximum atomic E-state index is 11.8. The largest absolute Gasteiger partial charge is 0.480 e. The standard InChI is InChI=1S/C16H23Cl2NO4S/c1-12(2)5-6-19(7-8-24(22,23)11-16(20)21)10-13-3-4-14(17)15(18)9-13/h3-4,9,12H,5-8,10-11H2,1-2H3,(H,20,21). The predicted molar refractivity (Wildman–Crippen MR) is 97.5 cm³/mol. The Morgan fingerprint density at radius 1 is 1.21 bits per heavy atom. The van der Waals surface area contributed by atoms with E-state index in [4.69, 9.17) is 28.3 Å². The van der Waals surface area contributed by atoms with Crippen molar-refractivity contribution in [1.29, 1.82) is 0 Å². The molecule has 0 bridgehead atoms. The first-order valence-electron chi connectivity index (χ1n) is 7.67. The van der Waals surface area contributed by atoms with E-state index in [2.05, 4.69) is 13.8 Å². The molecule has 8 heteroatoms. The van der Waals surface area contributed by atoms with Gasteiger partial charge in [0.15, 0.2) is 9.84 Å². The smallest absolute Gasteiger partial charge is 0.318 e. The first kappa shape index (κ1) is 21.2. The molecule has 0 heterocycles. The van der Waals surface area contributed by atoms with Gasteiger partial charge in [-0.1, -0.05) is 43.1 Å². The molecule has 0 fully saturated rings. The fraction of sp³-hybridized carbons (Fsp3) is 0.562. The summed E-state index contributed by atoms with van der Waals surface area (Å²) in [7, 11) is -3.61. The minimum absolute atomic E-state index is 0.182. The molecule has 0 amide bonds. The highest BCUT2D eigenvalue weighted by Crippen LogP contribution is 2.23. The topological polar surface area (TPSA) is 74.7 Å². The molecule has 5 nitrogen and oxygen atoms in total. The van der Waals surface area contributed by atoms with Crippen molar-refractivity contribution in [3.05, 3.63) is 33.8 Å². The van der Waals surface area contributed by atoms with Crippen LogP contribution in [-0.2, 0) is 21.2 Å². The fourth-order valence-electron chi connectivity index (χ4n) is 2.14. The lowest BCUT2D eigenvalue weighted by Gasteiger charge is -2.23. The summed E-state index contributed by atoms with van der Waals surface area (Å²) >= 11 is 11.9. The molecule has 1 aromatic carbocycles. The van der Waals surface area contributed by atoms with Crippen molar-refractivity contribution in [2.24, 2.45) is 5.92 Å². The Labute approximate surface area is 153 Å². The maximum absolute atomic E-state index is 11.8. The monoisotopic (exact) mass is 395 g/mol. The van der Waals surface area contributed by atoms with Crippen molar-refractivity contribution >= 4 is 39.0 Å². The lowest BCUT2D eigenvalue weighted by Crippen LogP contribution is -2.32. The van der Waals surface area contributed by atoms with Crippen LogP contribution in [0.25, 0.3) is 0 Å². The molecule has 136 valence electrons. The molecule has 0 radical (unpaired) electrons. The molecule has 0 aliphatic rings. The third kappa shape index (κ3) is 8.33. The Kier molecular flexibility index (Phi) is 8.50. The van der Waals surface area contributed by atoms with Crippen LogP contribution in [0, 0.1) is 5.92 Å². The van der Waals surface area contributed by atoms with Crippen molar-refractivity contribution in [1.82, 2.24) is 4.90 Å². The molecule has 0 atom stereocenters. The zero-order chi connectivity index (χ0) is 18.3. The Morgan fingerprint density at radius 3 is 2.42 bits per heavy atom. The summed E-state index contributed by atoms with van der Waals surface area (Å²) < 4.78 is 23.6. The first-order chi connectivity index (χ1) is 11.1. The van der Waals surface area contributed by atoms with Gasteiger partial charge in [0, 0.05) is 13.1 Å². The number of halogens is 2. The van der Waals surface area contributed by atoms with Gasteiger partial charge < -0.3 is 5.11 Å². The van der Waals surface area contributed by atoms with Crippen LogP contribution in [0.2, 0.25) is 10.0 Å². The molecule has 24 heavy (non-hydrogen) atoms. The molecule has 0 spiro atoms. The number of carbonyl (C=O) groups is 1. The lowest BCUT2D eigenvalue weighted by atomic mass is 10.1. The molecular formula is C16H23Cl2NO4S. The minimum Gasteiger partial charge on any atom is -0.480 e. The van der Waals surface area contributed by atoms with Crippen molar-refractivity contribution in [2.75, 3.05) is 24.6 Å². The second-order valence-corrected chi connectivity index (χ2v) is 9.19. The number of aliphatic carboxylic acids is 1. The van der Waals surface area contributed by atoms with Crippen LogP contribution in [0.5, 0.6) is 0 Å². The van der Waals surface area contributed by atoms with E-state index in [0.717, 1.165) is 18.5 Å². The van der Waals surface area contributed by atoms with Crippen LogP contribution in [0.15, 0.2) is 18.2 Å². The normalized spacial score (nSPS) is 12.1. The number of hydrogen-bond acceptors (Lipinski definition) is 4. The van der Waals surface area contributed by atoms with Gasteiger partial charge in [-0.05, 0) is 36.6 Å². The summed E-state index contributed by atoms with van der Waals surface area (Å²) in [6.45, 7) is 5.73. The van der Waals surface area contributed by atoms with Crippen molar-refractivity contribution in [3.8, 4) is 0 Å². The van der Waals surface area contributed by atoms with Gasteiger partial charge >= 0.3 is 5.97 Å². The predicted octanol–water partition coefficient (Wildman–Crippen LogP) is 3.34. The SMILES string of the molecule is CC(C)CCN(CCS(=O)(=O)CC(=O)O)Cc1ccc(Cl)c(Cl)c1. The van der Waals surface area contributed by atoms with E-state index >= 15 is 0 Å². The van der Waals surface area contributed by atoms with E-state index in [1.165, 1.54) is 0 Å². The van der Waals surface area contributed by atoms with Crippen LogP contribution in [0.3, 0.4) is 0 Å². The number of carboxylic acids is 1. The van der Waals surface area contributed by atoms with E-state index in [0.29, 0.717) is 22.5 Å². The van der Waals surface area contributed by atoms with Crippen LogP contribution < -0.4 is 0 Å². The average Bonchev–Trinajstić information content (AvgIpc) is 2.44. The molecule has 0 saturated carbocycles. The Balaban J connectivity index is 2.76. The van der Waals surface area contributed by atoms with Crippen molar-refractivity contribution < 1.29 is 18.3 Å². The molecule has 0 aromatic heterocycles. The summed E-state index contributed by atoms with van der Waals surface area (Å²) in [6.07, 6.45) is 0.917. The fourth-order valence-corrected chi connectivity index (χ4v) is 3.51. The number of carboxylic acid groups (broad SMARTS) is 1. The van der Waals surface area contributed by atoms with Crippen molar-refractivity contribution in [3.63, 3.8) is 0 Å². The number of hydrogen-bond donors (Lipinski definition) is 1. The van der Waals surface area contributed by atoms with Gasteiger partial charge in [0.05, 0.1) is 15.8 Å². The molecule has 0 unspecified atom stereocenters. The van der Waals surface area contributed by atoms with Gasteiger partial charge in [0.1, 0.15) is 5.75 Å². The van der Waals surface area contributed by atoms with Gasteiger partial charge in [-0.25, -0.2) is 8.42 Å². The number of benzene rings is 1. The van der Waals surface area contributed by atoms with E-state index in [1.54, 1.807) is 12.1 Å². The molecule has 0 aliphatic heterocycles. The summed E-state index contributed by atoms with van der Waals surface area (Å²) in [6, 6.07) is 5.32. The minimum atomic E-state index is -3.61. The molecule has 0 aliphatic carbocycles. The zero-order valence-electron chi connectivity index (χ0n) is 13.8. The molecule has 1 aromatic rings. The summed E-state index contributed by atoms with van der Waals surface area (Å²) in [5.41, 5.74) is 0.934. The number of nitrogens with zero attached hydrogens (tertiary/aromatic N) is 1. The lowest BCUT2D eigenvalue weighted by molar-refractivity contribution is -0.134. The quantitative estimate of drug-likeness (QED) is 0.657. The summed E-state index contributed by atoms with van der Waals surface area (Å²) in [5.74, 6) is -1.86. The highest BCUT2D eigenvalue weighted by Gasteiger charge is 2.18. The first-order valence-corrected chi connectivity index (χ1v) is 10.3. The Hall–Kier alpha value is -0.820. The maximum Gasteiger partial charge on any atom is 0.318 e. The van der Waals surface area contributed by atoms with Crippen molar-refractivity contribution in [2.45, 2.75) is 26.8 Å². The average molecular weight is 396 g/mol. The van der Waals surface area contributed by atoms with Gasteiger partial charge in [-0.3, -0.25) is 9.69 Å². The van der Waals surface area contributed by atoms with Gasteiger partial charge in [-0.15, -0.1) is 0 Å². The summed E-state index contributed by atoms with van der Waals surface area (Å²) in [5, 5.41) is 9.59. The number of rotatable bonds is 10. The van der Waals surface area contributed by atoms with E-state index in [-0.39, 0.29) is 12.3 Å². The second-order valence-electron chi connectivity index (χ2n) is 6.19. The summed E-state index contributed by atoms with van der Waals surface area (Å²) in [4.78, 5) is 12.6. The van der Waals surface area contributed by atoms with Gasteiger partial charge in [-0.2, -0.15) is 0 Å². The van der Waals surface area contributed by atoms with Crippen LogP contribution >= 0.6 is 23.2 Å². The van der Waals surface area contributed by atoms with E-state index in [9.17, 15) is 13.2 Å². The Bertz CT molecular complexity index is 662. The highest BCUT2D eigenvalue weighted by molar-refractivity contribution is 7.92. The molecule has 1 N–H and O–H groups in total. The Morgan fingerprint density at radius 2 is 1.88 bits per heavy atom. The highest BCUT2D eigenvalue weighted by atomic mass is 35.5. The third-order valence-corrected chi connectivity index (χ3v) is 5.71. The molecule has 1 rings (SSSR count). The second kappa shape index (κ2) is 9.61. The number of sulfone groups is 1. The van der Waals surface area contributed by atoms with Gasteiger partial charge in [0.2, 0.25) is 0 Å². The molecular weight excluding hydrogens is 373 g/mol. The van der Waals surface area contributed by atoms with Crippen LogP contribution in [0.1, 0.15) is 25.8 Å².